The van der Waals surface area contributed by atoms with Crippen molar-refractivity contribution in [1.29, 1.82) is 0 Å². The lowest BCUT2D eigenvalue weighted by molar-refractivity contribution is -0.119. The van der Waals surface area contributed by atoms with E-state index in [0.717, 1.165) is 16.1 Å². The summed E-state index contributed by atoms with van der Waals surface area (Å²) in [7, 11) is 0. The summed E-state index contributed by atoms with van der Waals surface area (Å²) in [5.41, 5.74) is 2.08. The number of carbonyl (C=O) groups is 1. The summed E-state index contributed by atoms with van der Waals surface area (Å²) in [6.45, 7) is 1.99. The monoisotopic (exact) mass is 338 g/mol. The standard InChI is InChI=1S/C18H18N4OS/c1-14(21-18(23)12-24-17-5-7-19-8-6-17)15-3-2-4-16(11-15)22-10-9-20-13-22/h2-11,13-14H,12H2,1H3,(H,21,23). The second-order valence-corrected chi connectivity index (χ2v) is 6.37. The molecular formula is C18H18N4OS. The van der Waals surface area contributed by atoms with Crippen molar-refractivity contribution in [3.8, 4) is 5.69 Å². The molecule has 0 aliphatic rings. The quantitative estimate of drug-likeness (QED) is 0.701. The van der Waals surface area contributed by atoms with Gasteiger partial charge in [-0.25, -0.2) is 4.98 Å². The normalized spacial score (nSPS) is 11.9. The lowest BCUT2D eigenvalue weighted by Crippen LogP contribution is -2.28. The van der Waals surface area contributed by atoms with Gasteiger partial charge in [-0.1, -0.05) is 12.1 Å². The number of hydrogen-bond acceptors (Lipinski definition) is 4. The third-order valence-corrected chi connectivity index (χ3v) is 4.58. The van der Waals surface area contributed by atoms with Gasteiger partial charge in [-0.05, 0) is 36.8 Å². The van der Waals surface area contributed by atoms with Gasteiger partial charge in [0.05, 0.1) is 18.1 Å². The Morgan fingerprint density at radius 2 is 2.04 bits per heavy atom. The highest BCUT2D eigenvalue weighted by Gasteiger charge is 2.11. The second-order valence-electron chi connectivity index (χ2n) is 5.33. The number of carbonyl (C=O) groups excluding carboxylic acids is 1. The highest BCUT2D eigenvalue weighted by molar-refractivity contribution is 8.00. The highest BCUT2D eigenvalue weighted by Crippen LogP contribution is 2.19. The number of amides is 1. The molecule has 0 saturated heterocycles. The topological polar surface area (TPSA) is 59.8 Å². The van der Waals surface area contributed by atoms with Gasteiger partial charge in [0.25, 0.3) is 0 Å². The van der Waals surface area contributed by atoms with Crippen molar-refractivity contribution in [1.82, 2.24) is 19.9 Å². The Balaban J connectivity index is 1.59. The van der Waals surface area contributed by atoms with Crippen LogP contribution in [0.2, 0.25) is 0 Å². The van der Waals surface area contributed by atoms with Crippen molar-refractivity contribution in [3.05, 3.63) is 73.1 Å². The minimum atomic E-state index is -0.0565. The number of pyridine rings is 1. The molecule has 0 radical (unpaired) electrons. The molecule has 6 heteroatoms. The predicted molar refractivity (Wildman–Crippen MR) is 95.1 cm³/mol. The largest absolute Gasteiger partial charge is 0.349 e. The van der Waals surface area contributed by atoms with Crippen LogP contribution in [0.4, 0.5) is 0 Å². The molecule has 1 unspecified atom stereocenters. The van der Waals surface area contributed by atoms with Crippen molar-refractivity contribution in [3.63, 3.8) is 0 Å². The average molecular weight is 338 g/mol. The molecule has 3 rings (SSSR count). The summed E-state index contributed by atoms with van der Waals surface area (Å²) in [6.07, 6.45) is 8.85. The van der Waals surface area contributed by atoms with Gasteiger partial charge in [0.15, 0.2) is 0 Å². The molecule has 122 valence electrons. The zero-order chi connectivity index (χ0) is 16.8. The lowest BCUT2D eigenvalue weighted by Gasteiger charge is -2.15. The number of nitrogens with one attached hydrogen (secondary N) is 1. The molecule has 2 heterocycles. The minimum Gasteiger partial charge on any atom is -0.349 e. The summed E-state index contributed by atoms with van der Waals surface area (Å²) in [5, 5.41) is 3.04. The number of imidazole rings is 1. The van der Waals surface area contributed by atoms with Crippen LogP contribution in [-0.2, 0) is 4.79 Å². The summed E-state index contributed by atoms with van der Waals surface area (Å²) in [5.74, 6) is 0.396. The van der Waals surface area contributed by atoms with Crippen LogP contribution in [0.1, 0.15) is 18.5 Å². The molecule has 5 nitrogen and oxygen atoms in total. The molecule has 2 aromatic heterocycles. The SMILES string of the molecule is CC(NC(=O)CSc1ccncc1)c1cccc(-n2ccnc2)c1. The van der Waals surface area contributed by atoms with Crippen molar-refractivity contribution in [2.24, 2.45) is 0 Å². The van der Waals surface area contributed by atoms with Crippen LogP contribution < -0.4 is 5.32 Å². The van der Waals surface area contributed by atoms with Gasteiger partial charge < -0.3 is 9.88 Å². The van der Waals surface area contributed by atoms with Crippen LogP contribution >= 0.6 is 11.8 Å². The van der Waals surface area contributed by atoms with E-state index < -0.39 is 0 Å². The van der Waals surface area contributed by atoms with Gasteiger partial charge in [0.2, 0.25) is 5.91 Å². The van der Waals surface area contributed by atoms with Crippen molar-refractivity contribution >= 4 is 17.7 Å². The highest BCUT2D eigenvalue weighted by atomic mass is 32.2. The fraction of sp³-hybridized carbons (Fsp3) is 0.167. The van der Waals surface area contributed by atoms with Crippen LogP contribution in [0.15, 0.2) is 72.4 Å². The number of nitrogens with zero attached hydrogens (tertiary/aromatic N) is 3. The molecule has 24 heavy (non-hydrogen) atoms. The number of hydrogen-bond donors (Lipinski definition) is 1. The predicted octanol–water partition coefficient (Wildman–Crippen LogP) is 3.24. The van der Waals surface area contributed by atoms with E-state index >= 15 is 0 Å². The van der Waals surface area contributed by atoms with E-state index in [9.17, 15) is 4.79 Å². The second kappa shape index (κ2) is 7.79. The van der Waals surface area contributed by atoms with E-state index in [1.165, 1.54) is 11.8 Å². The Morgan fingerprint density at radius 1 is 1.21 bits per heavy atom. The van der Waals surface area contributed by atoms with Crippen molar-refractivity contribution in [2.75, 3.05) is 5.75 Å². The molecule has 1 N–H and O–H groups in total. The van der Waals surface area contributed by atoms with Gasteiger partial charge >= 0.3 is 0 Å². The van der Waals surface area contributed by atoms with E-state index in [1.54, 1.807) is 24.9 Å². The Bertz CT molecular complexity index is 790. The molecule has 3 aromatic rings. The van der Waals surface area contributed by atoms with E-state index in [0.29, 0.717) is 5.75 Å². The Kier molecular flexibility index (Phi) is 5.28. The Morgan fingerprint density at radius 3 is 2.79 bits per heavy atom. The summed E-state index contributed by atoms with van der Waals surface area (Å²) in [6, 6.07) is 11.8. The average Bonchev–Trinajstić information content (AvgIpc) is 3.16. The van der Waals surface area contributed by atoms with Crippen molar-refractivity contribution < 1.29 is 4.79 Å². The fourth-order valence-electron chi connectivity index (χ4n) is 2.32. The van der Waals surface area contributed by atoms with E-state index in [-0.39, 0.29) is 11.9 Å². The number of benzene rings is 1. The molecule has 1 aromatic carbocycles. The first kappa shape index (κ1) is 16.3. The maximum atomic E-state index is 12.2. The van der Waals surface area contributed by atoms with E-state index in [1.807, 2.05) is 48.0 Å². The summed E-state index contributed by atoms with van der Waals surface area (Å²) >= 11 is 1.50. The fourth-order valence-corrected chi connectivity index (χ4v) is 3.01. The summed E-state index contributed by atoms with van der Waals surface area (Å²) < 4.78 is 1.94. The zero-order valence-corrected chi connectivity index (χ0v) is 14.1. The van der Waals surface area contributed by atoms with Gasteiger partial charge in [-0.15, -0.1) is 11.8 Å². The maximum absolute atomic E-state index is 12.2. The van der Waals surface area contributed by atoms with Crippen LogP contribution in [-0.4, -0.2) is 26.2 Å². The van der Waals surface area contributed by atoms with Crippen LogP contribution in [0.25, 0.3) is 5.69 Å². The zero-order valence-electron chi connectivity index (χ0n) is 13.3. The smallest absolute Gasteiger partial charge is 0.230 e. The third kappa shape index (κ3) is 4.23. The van der Waals surface area contributed by atoms with Gasteiger partial charge in [-0.3, -0.25) is 9.78 Å². The van der Waals surface area contributed by atoms with Crippen LogP contribution in [0.3, 0.4) is 0 Å². The third-order valence-electron chi connectivity index (χ3n) is 3.57. The molecule has 0 bridgehead atoms. The van der Waals surface area contributed by atoms with Crippen LogP contribution in [0.5, 0.6) is 0 Å². The van der Waals surface area contributed by atoms with E-state index in [4.69, 9.17) is 0 Å². The van der Waals surface area contributed by atoms with E-state index in [2.05, 4.69) is 21.4 Å². The molecule has 0 aliphatic carbocycles. The molecule has 0 saturated carbocycles. The Hall–Kier alpha value is -2.60. The lowest BCUT2D eigenvalue weighted by atomic mass is 10.1. The first-order valence-corrected chi connectivity index (χ1v) is 8.61. The summed E-state index contributed by atoms with van der Waals surface area (Å²) in [4.78, 5) is 21.2. The molecule has 0 fully saturated rings. The molecular weight excluding hydrogens is 320 g/mol. The number of rotatable bonds is 6. The minimum absolute atomic E-state index is 0.0114. The molecule has 0 aliphatic heterocycles. The van der Waals surface area contributed by atoms with Crippen molar-refractivity contribution in [2.45, 2.75) is 17.9 Å². The number of thioether (sulfide) groups is 1. The Labute approximate surface area is 145 Å². The maximum Gasteiger partial charge on any atom is 0.230 e. The van der Waals surface area contributed by atoms with Gasteiger partial charge in [0, 0.05) is 35.4 Å². The van der Waals surface area contributed by atoms with Gasteiger partial charge in [-0.2, -0.15) is 0 Å². The molecule has 1 atom stereocenters. The number of aromatic nitrogens is 3. The first-order valence-electron chi connectivity index (χ1n) is 7.63. The van der Waals surface area contributed by atoms with Gasteiger partial charge in [0.1, 0.15) is 0 Å². The first-order chi connectivity index (χ1) is 11.7. The van der Waals surface area contributed by atoms with Crippen LogP contribution in [0, 0.1) is 0 Å². The molecule has 0 spiro atoms. The molecule has 1 amide bonds.